The Morgan fingerprint density at radius 1 is 1.43 bits per heavy atom. The van der Waals surface area contributed by atoms with E-state index >= 15 is 0 Å². The van der Waals surface area contributed by atoms with Crippen molar-refractivity contribution < 1.29 is 9.53 Å². The van der Waals surface area contributed by atoms with Gasteiger partial charge in [-0.1, -0.05) is 27.5 Å². The Hall–Kier alpha value is -0.540. The standard InChI is InChI=1S/C10H10BrClO2/c1-6(2)14-10(13)7-3-8(11)5-9(12)4-7/h3-6H,1-2H3. The van der Waals surface area contributed by atoms with E-state index in [4.69, 9.17) is 16.3 Å². The maximum Gasteiger partial charge on any atom is 0.338 e. The number of ether oxygens (including phenoxy) is 1. The molecule has 76 valence electrons. The molecular weight excluding hydrogens is 267 g/mol. The second-order valence-corrected chi connectivity index (χ2v) is 4.46. The SMILES string of the molecule is CC(C)OC(=O)c1cc(Cl)cc(Br)c1. The molecule has 0 spiro atoms. The number of halogens is 2. The second kappa shape index (κ2) is 4.80. The normalized spacial score (nSPS) is 10.4. The lowest BCUT2D eigenvalue weighted by atomic mass is 10.2. The van der Waals surface area contributed by atoms with Crippen LogP contribution in [0.25, 0.3) is 0 Å². The van der Waals surface area contributed by atoms with Crippen LogP contribution in [0.5, 0.6) is 0 Å². The van der Waals surface area contributed by atoms with Gasteiger partial charge in [0.25, 0.3) is 0 Å². The average molecular weight is 278 g/mol. The van der Waals surface area contributed by atoms with Gasteiger partial charge < -0.3 is 4.74 Å². The lowest BCUT2D eigenvalue weighted by molar-refractivity contribution is 0.0378. The molecule has 1 rings (SSSR count). The Bertz CT molecular complexity index is 330. The monoisotopic (exact) mass is 276 g/mol. The van der Waals surface area contributed by atoms with Gasteiger partial charge >= 0.3 is 5.97 Å². The molecule has 0 saturated heterocycles. The number of hydrogen-bond donors (Lipinski definition) is 0. The molecule has 1 aromatic rings. The minimum Gasteiger partial charge on any atom is -0.459 e. The first kappa shape index (κ1) is 11.5. The van der Waals surface area contributed by atoms with Crippen molar-refractivity contribution in [2.75, 3.05) is 0 Å². The highest BCUT2D eigenvalue weighted by Gasteiger charge is 2.10. The molecule has 2 nitrogen and oxygen atoms in total. The summed E-state index contributed by atoms with van der Waals surface area (Å²) in [5.74, 6) is -0.358. The summed E-state index contributed by atoms with van der Waals surface area (Å²) in [5, 5.41) is 0.509. The smallest absolute Gasteiger partial charge is 0.338 e. The van der Waals surface area contributed by atoms with E-state index in [1.807, 2.05) is 0 Å². The van der Waals surface area contributed by atoms with Crippen LogP contribution in [0.3, 0.4) is 0 Å². The fourth-order valence-corrected chi connectivity index (χ4v) is 1.81. The molecule has 0 bridgehead atoms. The van der Waals surface area contributed by atoms with Gasteiger partial charge in [0.2, 0.25) is 0 Å². The van der Waals surface area contributed by atoms with E-state index in [1.165, 1.54) is 0 Å². The number of hydrogen-bond acceptors (Lipinski definition) is 2. The third-order valence-corrected chi connectivity index (χ3v) is 2.12. The molecule has 1 aromatic carbocycles. The molecular formula is C10H10BrClO2. The third kappa shape index (κ3) is 3.31. The number of carbonyl (C=O) groups excluding carboxylic acids is 1. The largest absolute Gasteiger partial charge is 0.459 e. The summed E-state index contributed by atoms with van der Waals surface area (Å²) >= 11 is 9.05. The summed E-state index contributed by atoms with van der Waals surface area (Å²) in [7, 11) is 0. The quantitative estimate of drug-likeness (QED) is 0.771. The van der Waals surface area contributed by atoms with Gasteiger partial charge in [0.05, 0.1) is 11.7 Å². The summed E-state index contributed by atoms with van der Waals surface area (Å²) in [6.07, 6.45) is -0.125. The van der Waals surface area contributed by atoms with Crippen molar-refractivity contribution in [2.24, 2.45) is 0 Å². The average Bonchev–Trinajstić information content (AvgIpc) is 2.00. The first-order valence-electron chi connectivity index (χ1n) is 4.16. The molecule has 0 atom stereocenters. The van der Waals surface area contributed by atoms with Crippen LogP contribution in [0.2, 0.25) is 5.02 Å². The lowest BCUT2D eigenvalue weighted by Gasteiger charge is -2.08. The molecule has 0 aromatic heterocycles. The van der Waals surface area contributed by atoms with Crippen LogP contribution >= 0.6 is 27.5 Å². The van der Waals surface area contributed by atoms with Crippen molar-refractivity contribution >= 4 is 33.5 Å². The van der Waals surface area contributed by atoms with Crippen LogP contribution in [-0.2, 0) is 4.74 Å². The molecule has 0 N–H and O–H groups in total. The molecule has 0 fully saturated rings. The molecule has 0 amide bonds. The lowest BCUT2D eigenvalue weighted by Crippen LogP contribution is -2.11. The number of esters is 1. The summed E-state index contributed by atoms with van der Waals surface area (Å²) < 4.78 is 5.79. The number of benzene rings is 1. The van der Waals surface area contributed by atoms with E-state index in [-0.39, 0.29) is 12.1 Å². The van der Waals surface area contributed by atoms with Crippen LogP contribution in [0.15, 0.2) is 22.7 Å². The highest BCUT2D eigenvalue weighted by atomic mass is 79.9. The Labute approximate surface area is 96.3 Å². The van der Waals surface area contributed by atoms with Crippen LogP contribution in [0, 0.1) is 0 Å². The van der Waals surface area contributed by atoms with E-state index in [1.54, 1.807) is 32.0 Å². The maximum atomic E-state index is 11.5. The Kier molecular flexibility index (Phi) is 3.96. The van der Waals surface area contributed by atoms with Gasteiger partial charge in [0, 0.05) is 9.50 Å². The van der Waals surface area contributed by atoms with E-state index in [9.17, 15) is 4.79 Å². The van der Waals surface area contributed by atoms with Crippen molar-refractivity contribution in [3.63, 3.8) is 0 Å². The van der Waals surface area contributed by atoms with Gasteiger partial charge in [-0.25, -0.2) is 4.79 Å². The highest BCUT2D eigenvalue weighted by Crippen LogP contribution is 2.20. The molecule has 0 aliphatic heterocycles. The van der Waals surface area contributed by atoms with E-state index in [2.05, 4.69) is 15.9 Å². The zero-order chi connectivity index (χ0) is 10.7. The second-order valence-electron chi connectivity index (χ2n) is 3.11. The zero-order valence-corrected chi connectivity index (χ0v) is 10.2. The van der Waals surface area contributed by atoms with Crippen LogP contribution in [-0.4, -0.2) is 12.1 Å². The fraction of sp³-hybridized carbons (Fsp3) is 0.300. The van der Waals surface area contributed by atoms with Crippen molar-refractivity contribution in [1.29, 1.82) is 0 Å². The predicted octanol–water partition coefficient (Wildman–Crippen LogP) is 3.67. The molecule has 4 heteroatoms. The number of rotatable bonds is 2. The molecule has 0 unspecified atom stereocenters. The Morgan fingerprint density at radius 2 is 2.07 bits per heavy atom. The van der Waals surface area contributed by atoms with Crippen LogP contribution in [0.4, 0.5) is 0 Å². The topological polar surface area (TPSA) is 26.3 Å². The van der Waals surface area contributed by atoms with Crippen molar-refractivity contribution in [1.82, 2.24) is 0 Å². The summed E-state index contributed by atoms with van der Waals surface area (Å²) in [5.41, 5.74) is 0.457. The maximum absolute atomic E-state index is 11.5. The molecule has 0 heterocycles. The minimum absolute atomic E-state index is 0.125. The molecule has 0 saturated carbocycles. The first-order chi connectivity index (χ1) is 6.49. The third-order valence-electron chi connectivity index (χ3n) is 1.44. The van der Waals surface area contributed by atoms with Gasteiger partial charge in [0.15, 0.2) is 0 Å². The Morgan fingerprint density at radius 3 is 2.57 bits per heavy atom. The van der Waals surface area contributed by atoms with Crippen LogP contribution < -0.4 is 0 Å². The number of carbonyl (C=O) groups is 1. The summed E-state index contributed by atoms with van der Waals surface area (Å²) in [4.78, 5) is 11.5. The fourth-order valence-electron chi connectivity index (χ4n) is 0.954. The van der Waals surface area contributed by atoms with Gasteiger partial charge in [-0.2, -0.15) is 0 Å². The zero-order valence-electron chi connectivity index (χ0n) is 7.88. The molecule has 0 aliphatic rings. The molecule has 14 heavy (non-hydrogen) atoms. The van der Waals surface area contributed by atoms with Gasteiger partial charge in [-0.05, 0) is 32.0 Å². The van der Waals surface area contributed by atoms with Crippen molar-refractivity contribution in [3.8, 4) is 0 Å². The van der Waals surface area contributed by atoms with E-state index in [0.717, 1.165) is 4.47 Å². The summed E-state index contributed by atoms with van der Waals surface area (Å²) in [6.45, 7) is 3.61. The van der Waals surface area contributed by atoms with Gasteiger partial charge in [-0.3, -0.25) is 0 Å². The van der Waals surface area contributed by atoms with Gasteiger partial charge in [0.1, 0.15) is 0 Å². The van der Waals surface area contributed by atoms with E-state index in [0.29, 0.717) is 10.6 Å². The predicted molar refractivity (Wildman–Crippen MR) is 59.7 cm³/mol. The Balaban J connectivity index is 2.90. The van der Waals surface area contributed by atoms with Crippen molar-refractivity contribution in [2.45, 2.75) is 20.0 Å². The van der Waals surface area contributed by atoms with Gasteiger partial charge in [-0.15, -0.1) is 0 Å². The van der Waals surface area contributed by atoms with E-state index < -0.39 is 0 Å². The summed E-state index contributed by atoms with van der Waals surface area (Å²) in [6, 6.07) is 4.97. The van der Waals surface area contributed by atoms with Crippen molar-refractivity contribution in [3.05, 3.63) is 33.3 Å². The first-order valence-corrected chi connectivity index (χ1v) is 5.33. The van der Waals surface area contributed by atoms with Crippen LogP contribution in [0.1, 0.15) is 24.2 Å². The highest BCUT2D eigenvalue weighted by molar-refractivity contribution is 9.10. The molecule has 0 radical (unpaired) electrons. The minimum atomic E-state index is -0.358. The molecule has 0 aliphatic carbocycles.